The lowest BCUT2D eigenvalue weighted by Crippen LogP contribution is -2.50. The summed E-state index contributed by atoms with van der Waals surface area (Å²) in [6.07, 6.45) is 5.51. The van der Waals surface area contributed by atoms with E-state index in [-0.39, 0.29) is 48.0 Å². The van der Waals surface area contributed by atoms with Crippen molar-refractivity contribution in [1.82, 2.24) is 29.7 Å². The van der Waals surface area contributed by atoms with E-state index in [0.29, 0.717) is 18.7 Å². The summed E-state index contributed by atoms with van der Waals surface area (Å²) in [4.78, 5) is 43.8. The average molecular weight is 481 g/mol. The van der Waals surface area contributed by atoms with Crippen molar-refractivity contribution in [2.75, 3.05) is 47.4 Å². The van der Waals surface area contributed by atoms with E-state index in [1.165, 1.54) is 23.5 Å². The van der Waals surface area contributed by atoms with Gasteiger partial charge in [-0.1, -0.05) is 18.8 Å². The zero-order valence-electron chi connectivity index (χ0n) is 20.8. The number of nitrogens with zero attached hydrogens (tertiary/aromatic N) is 6. The molecule has 2 aromatic rings. The fraction of sp³-hybridized carbons (Fsp3) is 0.480. The molecular formula is C25H32N6O4. The van der Waals surface area contributed by atoms with Crippen LogP contribution in [0.15, 0.2) is 30.9 Å². The topological polar surface area (TPSA) is 112 Å². The molecule has 186 valence electrons. The molecule has 2 aromatic heterocycles. The van der Waals surface area contributed by atoms with Crippen molar-refractivity contribution < 1.29 is 19.4 Å². The molecule has 0 radical (unpaired) electrons. The van der Waals surface area contributed by atoms with Crippen LogP contribution in [0.5, 0.6) is 5.88 Å². The largest absolute Gasteiger partial charge is 0.472 e. The van der Waals surface area contributed by atoms with Crippen molar-refractivity contribution in [3.05, 3.63) is 47.7 Å². The van der Waals surface area contributed by atoms with Crippen LogP contribution in [-0.4, -0.2) is 106 Å². The van der Waals surface area contributed by atoms with Crippen LogP contribution >= 0.6 is 0 Å². The second-order valence-corrected chi connectivity index (χ2v) is 9.02. The Morgan fingerprint density at radius 3 is 2.71 bits per heavy atom. The molecule has 0 bridgehead atoms. The predicted molar refractivity (Wildman–Crippen MR) is 130 cm³/mol. The molecule has 0 spiro atoms. The molecule has 0 saturated carbocycles. The second-order valence-electron chi connectivity index (χ2n) is 9.02. The van der Waals surface area contributed by atoms with Crippen LogP contribution in [0.1, 0.15) is 40.3 Å². The summed E-state index contributed by atoms with van der Waals surface area (Å²) < 4.78 is 6.23. The number of aliphatic hydroxyl groups excluding tert-OH is 1. The second kappa shape index (κ2) is 11.7. The monoisotopic (exact) mass is 480 g/mol. The Hall–Kier alpha value is -3.55. The van der Waals surface area contributed by atoms with E-state index in [9.17, 15) is 14.7 Å². The molecule has 1 aliphatic heterocycles. The van der Waals surface area contributed by atoms with Gasteiger partial charge in [-0.2, -0.15) is 0 Å². The SMILES string of the molecule is C[C@@H]1CN([C@@H](C)CO)C(=O)c2cc(C#CCN(C)C)cnc2O[C@@H]1CN(C)C(=O)c1cnccn1. The summed E-state index contributed by atoms with van der Waals surface area (Å²) in [6, 6.07) is 1.27. The number of amides is 2. The molecule has 10 heteroatoms. The Labute approximate surface area is 205 Å². The third-order valence-corrected chi connectivity index (χ3v) is 5.73. The molecule has 2 amide bonds. The Bertz CT molecular complexity index is 1100. The molecule has 0 saturated heterocycles. The number of pyridine rings is 1. The lowest BCUT2D eigenvalue weighted by molar-refractivity contribution is 0.0312. The number of fused-ring (bicyclic) bond motifs is 1. The van der Waals surface area contributed by atoms with Crippen molar-refractivity contribution in [2.24, 2.45) is 5.92 Å². The van der Waals surface area contributed by atoms with Crippen molar-refractivity contribution >= 4 is 11.8 Å². The lowest BCUT2D eigenvalue weighted by atomic mass is 10.00. The Morgan fingerprint density at radius 1 is 1.29 bits per heavy atom. The van der Waals surface area contributed by atoms with E-state index in [1.54, 1.807) is 31.1 Å². The zero-order chi connectivity index (χ0) is 25.5. The molecule has 1 N–H and O–H groups in total. The van der Waals surface area contributed by atoms with Gasteiger partial charge in [-0.25, -0.2) is 9.97 Å². The van der Waals surface area contributed by atoms with Gasteiger partial charge in [0, 0.05) is 43.7 Å². The third kappa shape index (κ3) is 6.53. The van der Waals surface area contributed by atoms with Gasteiger partial charge in [-0.3, -0.25) is 19.5 Å². The Balaban J connectivity index is 1.93. The van der Waals surface area contributed by atoms with Crippen LogP contribution in [0.3, 0.4) is 0 Å². The normalized spacial score (nSPS) is 18.5. The number of aliphatic hydroxyl groups is 1. The summed E-state index contributed by atoms with van der Waals surface area (Å²) in [5, 5.41) is 9.80. The minimum Gasteiger partial charge on any atom is -0.472 e. The highest BCUT2D eigenvalue weighted by molar-refractivity contribution is 5.97. The average Bonchev–Trinajstić information content (AvgIpc) is 2.85. The number of hydrogen-bond acceptors (Lipinski definition) is 8. The molecule has 3 atom stereocenters. The maximum Gasteiger partial charge on any atom is 0.273 e. The number of carbonyl (C=O) groups is 2. The molecule has 3 rings (SSSR count). The first-order valence-electron chi connectivity index (χ1n) is 11.4. The van der Waals surface area contributed by atoms with Crippen LogP contribution in [0.25, 0.3) is 0 Å². The molecule has 0 aliphatic carbocycles. The quantitative estimate of drug-likeness (QED) is 0.604. The first-order chi connectivity index (χ1) is 16.7. The van der Waals surface area contributed by atoms with E-state index in [0.717, 1.165) is 0 Å². The minimum atomic E-state index is -0.459. The molecule has 3 heterocycles. The third-order valence-electron chi connectivity index (χ3n) is 5.73. The minimum absolute atomic E-state index is 0.153. The molecule has 35 heavy (non-hydrogen) atoms. The molecule has 0 unspecified atom stereocenters. The summed E-state index contributed by atoms with van der Waals surface area (Å²) >= 11 is 0. The van der Waals surface area contributed by atoms with Crippen molar-refractivity contribution in [3.63, 3.8) is 0 Å². The maximum atomic E-state index is 13.5. The number of likely N-dealkylation sites (N-methyl/N-ethyl adjacent to an activating group) is 1. The predicted octanol–water partition coefficient (Wildman–Crippen LogP) is 0.777. The van der Waals surface area contributed by atoms with Crippen LogP contribution in [0.2, 0.25) is 0 Å². The Kier molecular flexibility index (Phi) is 8.73. The van der Waals surface area contributed by atoms with Crippen molar-refractivity contribution in [2.45, 2.75) is 26.0 Å². The number of ether oxygens (including phenoxy) is 1. The molecule has 10 nitrogen and oxygen atoms in total. The molecule has 0 fully saturated rings. The first-order valence-corrected chi connectivity index (χ1v) is 11.4. The van der Waals surface area contributed by atoms with Crippen molar-refractivity contribution in [1.29, 1.82) is 0 Å². The summed E-state index contributed by atoms with van der Waals surface area (Å²) in [6.45, 7) is 4.72. The van der Waals surface area contributed by atoms with Gasteiger partial charge >= 0.3 is 0 Å². The van der Waals surface area contributed by atoms with Gasteiger partial charge in [0.2, 0.25) is 5.88 Å². The van der Waals surface area contributed by atoms with E-state index < -0.39 is 12.1 Å². The van der Waals surface area contributed by atoms with Gasteiger partial charge < -0.3 is 19.6 Å². The highest BCUT2D eigenvalue weighted by Crippen LogP contribution is 2.27. The van der Waals surface area contributed by atoms with Crippen LogP contribution in [0, 0.1) is 17.8 Å². The maximum absolute atomic E-state index is 13.5. The van der Waals surface area contributed by atoms with Gasteiger partial charge in [0.25, 0.3) is 11.8 Å². The molecule has 0 aromatic carbocycles. The van der Waals surface area contributed by atoms with Crippen LogP contribution in [-0.2, 0) is 0 Å². The van der Waals surface area contributed by atoms with Gasteiger partial charge in [-0.15, -0.1) is 0 Å². The van der Waals surface area contributed by atoms with E-state index >= 15 is 0 Å². The van der Waals surface area contributed by atoms with Crippen molar-refractivity contribution in [3.8, 4) is 17.7 Å². The van der Waals surface area contributed by atoms with E-state index in [2.05, 4.69) is 26.8 Å². The summed E-state index contributed by atoms with van der Waals surface area (Å²) in [5.41, 5.74) is 1.11. The van der Waals surface area contributed by atoms with Crippen LogP contribution in [0.4, 0.5) is 0 Å². The number of hydrogen-bond donors (Lipinski definition) is 1. The van der Waals surface area contributed by atoms with Gasteiger partial charge in [0.15, 0.2) is 0 Å². The van der Waals surface area contributed by atoms with Gasteiger partial charge in [0.1, 0.15) is 17.4 Å². The summed E-state index contributed by atoms with van der Waals surface area (Å²) in [7, 11) is 5.52. The molecular weight excluding hydrogens is 448 g/mol. The number of aromatic nitrogens is 3. The standard InChI is InChI=1S/C25H32N6O4/c1-17-14-31(18(2)16-32)24(33)20-11-19(7-6-10-29(3)4)12-28-23(20)35-22(17)15-30(5)25(34)21-13-26-8-9-27-21/h8-9,11-13,17-18,22,32H,10,14-16H2,1-5H3/t17-,18+,22-/m1/s1. The first kappa shape index (κ1) is 26.1. The highest BCUT2D eigenvalue weighted by atomic mass is 16.5. The smallest absolute Gasteiger partial charge is 0.273 e. The van der Waals surface area contributed by atoms with E-state index in [4.69, 9.17) is 4.74 Å². The number of carbonyl (C=O) groups excluding carboxylic acids is 2. The fourth-order valence-corrected chi connectivity index (χ4v) is 3.65. The van der Waals surface area contributed by atoms with Crippen LogP contribution < -0.4 is 4.74 Å². The Morgan fingerprint density at radius 2 is 2.06 bits per heavy atom. The molecule has 1 aliphatic rings. The highest BCUT2D eigenvalue weighted by Gasteiger charge is 2.34. The zero-order valence-corrected chi connectivity index (χ0v) is 20.8. The van der Waals surface area contributed by atoms with E-state index in [1.807, 2.05) is 25.9 Å². The van der Waals surface area contributed by atoms with Gasteiger partial charge in [0.05, 0.1) is 31.9 Å². The van der Waals surface area contributed by atoms with Gasteiger partial charge in [-0.05, 0) is 27.1 Å². The fourth-order valence-electron chi connectivity index (χ4n) is 3.65. The lowest BCUT2D eigenvalue weighted by Gasteiger charge is -2.37. The number of rotatable bonds is 6. The summed E-state index contributed by atoms with van der Waals surface area (Å²) in [5.74, 6) is 5.54.